The number of urea groups is 1. The highest BCUT2D eigenvalue weighted by molar-refractivity contribution is 6.07. The summed E-state index contributed by atoms with van der Waals surface area (Å²) in [5.41, 5.74) is 1.89. The minimum Gasteiger partial charge on any atom is -0.493 e. The Hall–Kier alpha value is -3.88. The number of ether oxygens (including phenoxy) is 4. The normalized spacial score (nSPS) is 15.4. The Morgan fingerprint density at radius 1 is 1.03 bits per heavy atom. The molecule has 3 amide bonds. The maximum Gasteiger partial charge on any atom is 0.319 e. The van der Waals surface area contributed by atoms with Crippen molar-refractivity contribution >= 4 is 17.6 Å². The van der Waals surface area contributed by atoms with Gasteiger partial charge in [-0.25, -0.2) is 4.79 Å². The van der Waals surface area contributed by atoms with Crippen LogP contribution in [0.25, 0.3) is 0 Å². The molecule has 32 heavy (non-hydrogen) atoms. The van der Waals surface area contributed by atoms with E-state index in [9.17, 15) is 9.59 Å². The number of amides is 3. The number of carbonyl (C=O) groups is 2. The van der Waals surface area contributed by atoms with Crippen LogP contribution in [0.1, 0.15) is 25.5 Å². The molecule has 1 aliphatic rings. The molecule has 0 spiro atoms. The van der Waals surface area contributed by atoms with E-state index < -0.39 is 12.1 Å². The number of methoxy groups -OCH3 is 3. The van der Waals surface area contributed by atoms with Gasteiger partial charge in [-0.3, -0.25) is 4.79 Å². The lowest BCUT2D eigenvalue weighted by molar-refractivity contribution is -0.113. The van der Waals surface area contributed by atoms with Gasteiger partial charge in [-0.05, 0) is 43.7 Å². The first-order chi connectivity index (χ1) is 15.4. The van der Waals surface area contributed by atoms with Gasteiger partial charge in [-0.1, -0.05) is 12.1 Å². The third kappa shape index (κ3) is 4.56. The molecule has 170 valence electrons. The van der Waals surface area contributed by atoms with Crippen molar-refractivity contribution in [1.82, 2.24) is 10.6 Å². The Labute approximate surface area is 186 Å². The minimum atomic E-state index is -0.753. The van der Waals surface area contributed by atoms with Gasteiger partial charge in [0.2, 0.25) is 5.75 Å². The molecule has 2 aromatic carbocycles. The molecule has 1 aliphatic heterocycles. The molecular weight excluding hydrogens is 414 g/mol. The fourth-order valence-electron chi connectivity index (χ4n) is 3.55. The third-order valence-corrected chi connectivity index (χ3v) is 4.97. The lowest BCUT2D eigenvalue weighted by Gasteiger charge is -2.29. The molecule has 1 atom stereocenters. The van der Waals surface area contributed by atoms with Crippen LogP contribution in [0.4, 0.5) is 10.5 Å². The number of rotatable bonds is 8. The van der Waals surface area contributed by atoms with Gasteiger partial charge in [0.15, 0.2) is 11.5 Å². The fraction of sp³-hybridized carbons (Fsp3) is 0.304. The van der Waals surface area contributed by atoms with E-state index in [4.69, 9.17) is 18.9 Å². The Balaban J connectivity index is 2.04. The quantitative estimate of drug-likeness (QED) is 0.580. The van der Waals surface area contributed by atoms with E-state index in [1.165, 1.54) is 21.3 Å². The summed E-state index contributed by atoms with van der Waals surface area (Å²) in [6.45, 7) is 4.00. The molecule has 3 rings (SSSR count). The summed E-state index contributed by atoms with van der Waals surface area (Å²) in [6, 6.07) is 9.38. The van der Waals surface area contributed by atoms with Crippen LogP contribution in [0.15, 0.2) is 47.7 Å². The van der Waals surface area contributed by atoms with Crippen molar-refractivity contribution < 1.29 is 28.5 Å². The molecule has 3 N–H and O–H groups in total. The van der Waals surface area contributed by atoms with Crippen LogP contribution in [0.2, 0.25) is 0 Å². The molecule has 1 heterocycles. The molecule has 9 nitrogen and oxygen atoms in total. The van der Waals surface area contributed by atoms with Crippen LogP contribution >= 0.6 is 0 Å². The summed E-state index contributed by atoms with van der Waals surface area (Å²) in [5, 5.41) is 8.36. The smallest absolute Gasteiger partial charge is 0.319 e. The molecule has 0 aliphatic carbocycles. The van der Waals surface area contributed by atoms with Crippen molar-refractivity contribution in [1.29, 1.82) is 0 Å². The van der Waals surface area contributed by atoms with Crippen molar-refractivity contribution in [2.45, 2.75) is 19.9 Å². The van der Waals surface area contributed by atoms with E-state index >= 15 is 0 Å². The van der Waals surface area contributed by atoms with E-state index in [1.807, 2.05) is 13.0 Å². The van der Waals surface area contributed by atoms with E-state index in [0.717, 1.165) is 0 Å². The molecule has 9 heteroatoms. The third-order valence-electron chi connectivity index (χ3n) is 4.97. The number of hydrogen-bond acceptors (Lipinski definition) is 6. The van der Waals surface area contributed by atoms with Gasteiger partial charge >= 0.3 is 6.03 Å². The Morgan fingerprint density at radius 2 is 1.69 bits per heavy atom. The van der Waals surface area contributed by atoms with Crippen molar-refractivity contribution in [3.8, 4) is 23.0 Å². The van der Waals surface area contributed by atoms with Gasteiger partial charge in [0.25, 0.3) is 5.91 Å². The van der Waals surface area contributed by atoms with Crippen LogP contribution < -0.4 is 34.9 Å². The molecule has 0 fully saturated rings. The van der Waals surface area contributed by atoms with Gasteiger partial charge in [-0.2, -0.15) is 0 Å². The van der Waals surface area contributed by atoms with Crippen molar-refractivity contribution in [2.24, 2.45) is 0 Å². The van der Waals surface area contributed by atoms with Gasteiger partial charge in [-0.15, -0.1) is 0 Å². The number of anilines is 1. The summed E-state index contributed by atoms with van der Waals surface area (Å²) < 4.78 is 21.8. The molecule has 0 radical (unpaired) electrons. The average molecular weight is 441 g/mol. The monoisotopic (exact) mass is 441 g/mol. The molecule has 2 aromatic rings. The largest absolute Gasteiger partial charge is 0.493 e. The second-order valence-corrected chi connectivity index (χ2v) is 6.91. The number of nitrogens with one attached hydrogen (secondary N) is 3. The maximum atomic E-state index is 13.4. The predicted molar refractivity (Wildman–Crippen MR) is 119 cm³/mol. The highest BCUT2D eigenvalue weighted by Crippen LogP contribution is 2.41. The average Bonchev–Trinajstić information content (AvgIpc) is 2.78. The first-order valence-electron chi connectivity index (χ1n) is 10.0. The Kier molecular flexibility index (Phi) is 7.09. The number of carbonyl (C=O) groups excluding carboxylic acids is 2. The highest BCUT2D eigenvalue weighted by Gasteiger charge is 2.33. The lowest BCUT2D eigenvalue weighted by Crippen LogP contribution is -2.46. The zero-order valence-electron chi connectivity index (χ0n) is 18.7. The first-order valence-corrected chi connectivity index (χ1v) is 10.0. The van der Waals surface area contributed by atoms with Gasteiger partial charge in [0.05, 0.1) is 45.2 Å². The molecular formula is C23H27N3O6. The van der Waals surface area contributed by atoms with E-state index in [-0.39, 0.29) is 5.91 Å². The maximum absolute atomic E-state index is 13.4. The SMILES string of the molecule is CCOc1ccccc1NC(=O)C1=C(C)NC(=O)NC1c1cc(OC)c(OC)c(OC)c1. The first kappa shape index (κ1) is 22.8. The molecule has 0 saturated carbocycles. The van der Waals surface area contributed by atoms with Crippen molar-refractivity contribution in [2.75, 3.05) is 33.3 Å². The standard InChI is InChI=1S/C23H27N3O6/c1-6-32-16-10-8-7-9-15(16)25-22(27)19-13(2)24-23(28)26-20(19)14-11-17(29-3)21(31-5)18(12-14)30-4/h7-12,20H,6H2,1-5H3,(H,25,27)(H2,24,26,28). The zero-order chi connectivity index (χ0) is 23.3. The van der Waals surface area contributed by atoms with E-state index in [0.29, 0.717) is 52.1 Å². The summed E-state index contributed by atoms with van der Waals surface area (Å²) in [4.78, 5) is 25.6. The summed E-state index contributed by atoms with van der Waals surface area (Å²) in [5.74, 6) is 1.40. The highest BCUT2D eigenvalue weighted by atomic mass is 16.5. The number of allylic oxidation sites excluding steroid dienone is 1. The number of para-hydroxylation sites is 2. The van der Waals surface area contributed by atoms with Crippen LogP contribution in [0.3, 0.4) is 0 Å². The van der Waals surface area contributed by atoms with Crippen LogP contribution in [0, 0.1) is 0 Å². The van der Waals surface area contributed by atoms with Crippen LogP contribution in [-0.4, -0.2) is 39.9 Å². The molecule has 0 aromatic heterocycles. The zero-order valence-corrected chi connectivity index (χ0v) is 18.7. The molecule has 1 unspecified atom stereocenters. The fourth-order valence-corrected chi connectivity index (χ4v) is 3.55. The topological polar surface area (TPSA) is 107 Å². The van der Waals surface area contributed by atoms with Gasteiger partial charge in [0.1, 0.15) is 5.75 Å². The van der Waals surface area contributed by atoms with E-state index in [2.05, 4.69) is 16.0 Å². The van der Waals surface area contributed by atoms with Crippen molar-refractivity contribution in [3.63, 3.8) is 0 Å². The van der Waals surface area contributed by atoms with Crippen LogP contribution in [-0.2, 0) is 4.79 Å². The second-order valence-electron chi connectivity index (χ2n) is 6.91. The minimum absolute atomic E-state index is 0.338. The van der Waals surface area contributed by atoms with Crippen molar-refractivity contribution in [3.05, 3.63) is 53.2 Å². The summed E-state index contributed by atoms with van der Waals surface area (Å²) in [6.07, 6.45) is 0. The van der Waals surface area contributed by atoms with Crippen LogP contribution in [0.5, 0.6) is 23.0 Å². The van der Waals surface area contributed by atoms with E-state index in [1.54, 1.807) is 37.3 Å². The predicted octanol–water partition coefficient (Wildman–Crippen LogP) is 3.38. The second kappa shape index (κ2) is 9.95. The Morgan fingerprint density at radius 3 is 2.28 bits per heavy atom. The number of hydrogen-bond donors (Lipinski definition) is 3. The van der Waals surface area contributed by atoms with Gasteiger partial charge in [0, 0.05) is 5.70 Å². The lowest BCUT2D eigenvalue weighted by atomic mass is 9.94. The molecule has 0 bridgehead atoms. The van der Waals surface area contributed by atoms with Gasteiger partial charge < -0.3 is 34.9 Å². The Bertz CT molecular complexity index is 1020. The molecule has 0 saturated heterocycles. The summed E-state index contributed by atoms with van der Waals surface area (Å²) in [7, 11) is 4.51. The number of benzene rings is 2. The summed E-state index contributed by atoms with van der Waals surface area (Å²) >= 11 is 0.